The van der Waals surface area contributed by atoms with Crippen molar-refractivity contribution in [1.82, 2.24) is 0 Å². The zero-order valence-corrected chi connectivity index (χ0v) is 16.3. The molecule has 0 aromatic heterocycles. The number of benzene rings is 1. The summed E-state index contributed by atoms with van der Waals surface area (Å²) >= 11 is 0.759. The number of nitrogens with zero attached hydrogens (tertiary/aromatic N) is 1. The van der Waals surface area contributed by atoms with Crippen molar-refractivity contribution in [3.05, 3.63) is 41.0 Å². The van der Waals surface area contributed by atoms with Crippen molar-refractivity contribution in [2.75, 3.05) is 32.3 Å². The lowest BCUT2D eigenvalue weighted by atomic mass is 10.0. The molecule has 29 heavy (non-hydrogen) atoms. The Kier molecular flexibility index (Phi) is 9.02. The van der Waals surface area contributed by atoms with Crippen molar-refractivity contribution < 1.29 is 40.9 Å². The molecule has 0 saturated carbocycles. The minimum Gasteiger partial charge on any atom is -0.382 e. The zero-order chi connectivity index (χ0) is 22.3. The Morgan fingerprint density at radius 2 is 1.86 bits per heavy atom. The van der Waals surface area contributed by atoms with Crippen LogP contribution in [0.3, 0.4) is 0 Å². The summed E-state index contributed by atoms with van der Waals surface area (Å²) < 4.78 is 88.9. The number of aliphatic hydroxyl groups is 1. The maximum atomic E-state index is 13.4. The molecule has 0 aliphatic rings. The van der Waals surface area contributed by atoms with Crippen LogP contribution in [-0.2, 0) is 15.7 Å². The molecule has 1 aromatic carbocycles. The van der Waals surface area contributed by atoms with Crippen LogP contribution in [0.5, 0.6) is 0 Å². The zero-order valence-electron chi connectivity index (χ0n) is 15.5. The third-order valence-corrected chi connectivity index (χ3v) is 5.08. The second-order valence-electron chi connectivity index (χ2n) is 6.00. The first-order chi connectivity index (χ1) is 13.4. The molecule has 0 spiro atoms. The smallest absolute Gasteiger partial charge is 0.382 e. The van der Waals surface area contributed by atoms with Crippen LogP contribution in [0.25, 0.3) is 6.08 Å². The van der Waals surface area contributed by atoms with E-state index in [9.17, 15) is 31.4 Å². The number of ether oxygens (including phenoxy) is 2. The van der Waals surface area contributed by atoms with Gasteiger partial charge in [0.2, 0.25) is 0 Å². The highest BCUT2D eigenvalue weighted by Gasteiger charge is 2.51. The average molecular weight is 443 g/mol. The summed E-state index contributed by atoms with van der Waals surface area (Å²) in [6.45, 7) is 0.148. The van der Waals surface area contributed by atoms with Crippen LogP contribution < -0.4 is 0 Å². The number of thioether (sulfide) groups is 1. The molecule has 1 N–H and O–H groups in total. The minimum absolute atomic E-state index is 0.103. The summed E-state index contributed by atoms with van der Waals surface area (Å²) in [6.07, 6.45) is -9.24. The van der Waals surface area contributed by atoms with Gasteiger partial charge in [0.1, 0.15) is 0 Å². The van der Waals surface area contributed by atoms with Crippen LogP contribution in [0.2, 0.25) is 0 Å². The molecule has 162 valence electrons. The molecule has 0 amide bonds. The largest absolute Gasteiger partial charge is 0.421 e. The Morgan fingerprint density at radius 3 is 2.34 bits per heavy atom. The van der Waals surface area contributed by atoms with Crippen LogP contribution in [0, 0.1) is 11.3 Å². The summed E-state index contributed by atoms with van der Waals surface area (Å²) in [5, 5.41) is 18.8. The van der Waals surface area contributed by atoms with Gasteiger partial charge in [-0.25, -0.2) is 0 Å². The monoisotopic (exact) mass is 443 g/mol. The summed E-state index contributed by atoms with van der Waals surface area (Å²) in [4.78, 5) is 0. The van der Waals surface area contributed by atoms with Gasteiger partial charge in [0, 0.05) is 25.7 Å². The fourth-order valence-corrected chi connectivity index (χ4v) is 3.36. The van der Waals surface area contributed by atoms with Gasteiger partial charge in [-0.1, -0.05) is 12.1 Å². The lowest BCUT2D eigenvalue weighted by Crippen LogP contribution is -2.46. The Hall–Kier alpha value is -1.74. The quantitative estimate of drug-likeness (QED) is 0.578. The van der Waals surface area contributed by atoms with E-state index in [1.54, 1.807) is 0 Å². The van der Waals surface area contributed by atoms with Gasteiger partial charge < -0.3 is 14.6 Å². The molecule has 0 fully saturated rings. The molecule has 0 aliphatic heterocycles. The van der Waals surface area contributed by atoms with Gasteiger partial charge in [0.15, 0.2) is 5.60 Å². The van der Waals surface area contributed by atoms with Crippen LogP contribution >= 0.6 is 11.8 Å². The summed E-state index contributed by atoms with van der Waals surface area (Å²) in [5.41, 5.74) is -5.43. The van der Waals surface area contributed by atoms with E-state index in [2.05, 4.69) is 0 Å². The lowest BCUT2D eigenvalue weighted by molar-refractivity contribution is -0.230. The number of rotatable bonds is 9. The maximum absolute atomic E-state index is 13.4. The molecule has 4 nitrogen and oxygen atoms in total. The molecule has 2 atom stereocenters. The van der Waals surface area contributed by atoms with E-state index in [4.69, 9.17) is 14.7 Å². The fourth-order valence-electron chi connectivity index (χ4n) is 2.17. The van der Waals surface area contributed by atoms with Crippen molar-refractivity contribution in [3.63, 3.8) is 0 Å². The van der Waals surface area contributed by atoms with E-state index in [1.165, 1.54) is 20.3 Å². The van der Waals surface area contributed by atoms with Crippen LogP contribution in [-0.4, -0.2) is 55.3 Å². The van der Waals surface area contributed by atoms with E-state index in [1.807, 2.05) is 0 Å². The summed E-state index contributed by atoms with van der Waals surface area (Å²) in [6, 6.07) is 3.86. The second kappa shape index (κ2) is 10.3. The average Bonchev–Trinajstić information content (AvgIpc) is 2.63. The molecule has 2 unspecified atom stereocenters. The van der Waals surface area contributed by atoms with E-state index in [0.29, 0.717) is 12.1 Å². The van der Waals surface area contributed by atoms with Crippen LogP contribution in [0.1, 0.15) is 16.7 Å². The third-order valence-electron chi connectivity index (χ3n) is 3.82. The molecule has 0 heterocycles. The van der Waals surface area contributed by atoms with E-state index in [0.717, 1.165) is 30.0 Å². The van der Waals surface area contributed by atoms with Gasteiger partial charge in [-0.05, 0) is 23.8 Å². The van der Waals surface area contributed by atoms with E-state index >= 15 is 0 Å². The van der Waals surface area contributed by atoms with E-state index in [-0.39, 0.29) is 17.9 Å². The Labute approximate surface area is 168 Å². The first-order valence-corrected chi connectivity index (χ1v) is 9.22. The van der Waals surface area contributed by atoms with Crippen LogP contribution in [0.4, 0.5) is 26.3 Å². The Morgan fingerprint density at radius 1 is 1.21 bits per heavy atom. The highest BCUT2D eigenvalue weighted by atomic mass is 32.2. The predicted octanol–water partition coefficient (Wildman–Crippen LogP) is 4.28. The van der Waals surface area contributed by atoms with Gasteiger partial charge in [-0.15, -0.1) is 0 Å². The Balaban J connectivity index is 3.07. The second-order valence-corrected chi connectivity index (χ2v) is 7.03. The van der Waals surface area contributed by atoms with Crippen LogP contribution in [0.15, 0.2) is 24.3 Å². The number of alkyl halides is 6. The van der Waals surface area contributed by atoms with Gasteiger partial charge >= 0.3 is 12.4 Å². The number of hydrogen-bond acceptors (Lipinski definition) is 5. The highest BCUT2D eigenvalue weighted by Crippen LogP contribution is 2.36. The normalized spacial score (nSPS) is 15.9. The summed E-state index contributed by atoms with van der Waals surface area (Å²) in [5.74, 6) is -0.690. The molecular formula is C18H19F6NO3S. The topological polar surface area (TPSA) is 62.5 Å². The number of halogens is 6. The van der Waals surface area contributed by atoms with Gasteiger partial charge in [-0.2, -0.15) is 43.4 Å². The number of methoxy groups -OCH3 is 2. The van der Waals surface area contributed by atoms with Gasteiger partial charge in [0.25, 0.3) is 0 Å². The predicted molar refractivity (Wildman–Crippen MR) is 96.2 cm³/mol. The van der Waals surface area contributed by atoms with Gasteiger partial charge in [0.05, 0.1) is 29.9 Å². The van der Waals surface area contributed by atoms with Crippen molar-refractivity contribution in [3.8, 4) is 6.07 Å². The number of nitriles is 1. The molecule has 1 aromatic rings. The standard InChI is InChI=1S/C18H19F6NO3S/c1-27-9-14(28-2)10-29-11-16(26,18(22,23)24)6-5-12-3-4-13(8-25)15(7-12)17(19,20)21/h3-7,14,26H,9-11H2,1-2H3. The van der Waals surface area contributed by atoms with Crippen molar-refractivity contribution in [2.45, 2.75) is 24.1 Å². The van der Waals surface area contributed by atoms with Gasteiger partial charge in [-0.3, -0.25) is 0 Å². The lowest BCUT2D eigenvalue weighted by Gasteiger charge is -2.27. The first-order valence-electron chi connectivity index (χ1n) is 8.07. The van der Waals surface area contributed by atoms with Crippen molar-refractivity contribution in [1.29, 1.82) is 5.26 Å². The highest BCUT2D eigenvalue weighted by molar-refractivity contribution is 7.99. The molecule has 0 radical (unpaired) electrons. The van der Waals surface area contributed by atoms with Crippen molar-refractivity contribution in [2.24, 2.45) is 0 Å². The SMILES string of the molecule is COCC(CSCC(O)(C=Cc1ccc(C#N)c(C(F)(F)F)c1)C(F)(F)F)OC. The molecular weight excluding hydrogens is 424 g/mol. The van der Waals surface area contributed by atoms with E-state index < -0.39 is 40.9 Å². The molecule has 11 heteroatoms. The maximum Gasteiger partial charge on any atom is 0.421 e. The third kappa shape index (κ3) is 7.22. The minimum atomic E-state index is -5.06. The number of hydrogen-bond donors (Lipinski definition) is 1. The first kappa shape index (κ1) is 25.3. The Bertz CT molecular complexity index is 745. The molecule has 0 saturated heterocycles. The molecule has 0 aliphatic carbocycles. The molecule has 1 rings (SSSR count). The summed E-state index contributed by atoms with van der Waals surface area (Å²) in [7, 11) is 2.77. The molecule has 0 bridgehead atoms. The van der Waals surface area contributed by atoms with Crippen molar-refractivity contribution >= 4 is 17.8 Å². The fraction of sp³-hybridized carbons (Fsp3) is 0.500.